The molecule has 4 heteroatoms. The Morgan fingerprint density at radius 3 is 2.02 bits per heavy atom. The van der Waals surface area contributed by atoms with E-state index in [2.05, 4.69) is 151 Å². The molecule has 0 radical (unpaired) electrons. The number of aliphatic imine (C=N–C) groups is 2. The highest BCUT2D eigenvalue weighted by molar-refractivity contribution is 6.47. The molecule has 2 aliphatic rings. The van der Waals surface area contributed by atoms with Crippen LogP contribution in [0.1, 0.15) is 33.1 Å². The Labute approximate surface area is 244 Å². The fourth-order valence-corrected chi connectivity index (χ4v) is 4.80. The minimum Gasteiger partial charge on any atom is -0.295 e. The van der Waals surface area contributed by atoms with Crippen LogP contribution >= 0.6 is 0 Å². The Bertz CT molecular complexity index is 1510. The molecule has 4 nitrogen and oxygen atoms in total. The lowest BCUT2D eigenvalue weighted by atomic mass is 10.1. The first-order valence-electron chi connectivity index (χ1n) is 14.3. The van der Waals surface area contributed by atoms with Crippen molar-refractivity contribution in [2.45, 2.75) is 33.1 Å². The molecule has 3 aromatic rings. The van der Waals surface area contributed by atoms with E-state index in [-0.39, 0.29) is 0 Å². The maximum Gasteiger partial charge on any atom is 0.137 e. The Hall–Kier alpha value is -4.96. The molecule has 5 rings (SSSR count). The summed E-state index contributed by atoms with van der Waals surface area (Å²) in [5.41, 5.74) is 6.04. The van der Waals surface area contributed by atoms with Gasteiger partial charge in [-0.05, 0) is 80.5 Å². The van der Waals surface area contributed by atoms with Crippen LogP contribution < -0.4 is 9.80 Å². The Morgan fingerprint density at radius 2 is 1.41 bits per heavy atom. The summed E-state index contributed by atoms with van der Waals surface area (Å²) in [4.78, 5) is 14.9. The summed E-state index contributed by atoms with van der Waals surface area (Å²) in [6.07, 6.45) is 21.7. The fourth-order valence-electron chi connectivity index (χ4n) is 4.80. The van der Waals surface area contributed by atoms with Gasteiger partial charge in [0.05, 0.1) is 11.4 Å². The van der Waals surface area contributed by atoms with Crippen molar-refractivity contribution in [1.82, 2.24) is 0 Å². The van der Waals surface area contributed by atoms with Gasteiger partial charge in [-0.2, -0.15) is 0 Å². The van der Waals surface area contributed by atoms with Gasteiger partial charge in [0, 0.05) is 29.2 Å². The number of hydrogen-bond donors (Lipinski definition) is 0. The standard InChI is InChI=1S/C37H36N4/c1-3-5-19-30(4-2)40(31-20-9-6-10-21-31)36-28-17-15-26-34(38-36)35-27-16-18-29-37(39-35)41(32-22-11-7-12-23-32)33-24-13-8-14-25-33/h4-17,19-25,27-29H,3,18,26H2,1-2H3/b19-5-,30-4+. The molecular weight excluding hydrogens is 500 g/mol. The van der Waals surface area contributed by atoms with Crippen molar-refractivity contribution in [3.8, 4) is 0 Å². The molecule has 0 aliphatic carbocycles. The Morgan fingerprint density at radius 1 is 0.780 bits per heavy atom. The number of anilines is 3. The molecule has 0 spiro atoms. The van der Waals surface area contributed by atoms with Crippen molar-refractivity contribution in [1.29, 1.82) is 0 Å². The minimum atomic E-state index is 0.686. The van der Waals surface area contributed by atoms with Crippen molar-refractivity contribution in [3.05, 3.63) is 163 Å². The van der Waals surface area contributed by atoms with Gasteiger partial charge in [-0.15, -0.1) is 0 Å². The SMILES string of the molecule is C/C=C(\C=C/CC)N(C1=CC=CCC(C2=NC(N(c3ccccc3)c3ccccc3)=CCC=C2)=N1)c1ccccc1. The third kappa shape index (κ3) is 6.79. The zero-order valence-corrected chi connectivity index (χ0v) is 23.8. The normalized spacial score (nSPS) is 15.4. The van der Waals surface area contributed by atoms with Crippen LogP contribution in [0.5, 0.6) is 0 Å². The largest absolute Gasteiger partial charge is 0.295 e. The monoisotopic (exact) mass is 536 g/mol. The van der Waals surface area contributed by atoms with Crippen molar-refractivity contribution < 1.29 is 0 Å². The first-order chi connectivity index (χ1) is 20.3. The van der Waals surface area contributed by atoms with Crippen molar-refractivity contribution >= 4 is 28.5 Å². The number of para-hydroxylation sites is 3. The lowest BCUT2D eigenvalue weighted by Crippen LogP contribution is -2.22. The van der Waals surface area contributed by atoms with Crippen molar-refractivity contribution in [2.24, 2.45) is 9.98 Å². The van der Waals surface area contributed by atoms with E-state index in [1.54, 1.807) is 0 Å². The predicted molar refractivity (Wildman–Crippen MR) is 176 cm³/mol. The van der Waals surface area contributed by atoms with Crippen LogP contribution in [0.4, 0.5) is 17.1 Å². The maximum atomic E-state index is 5.27. The quantitative estimate of drug-likeness (QED) is 0.255. The zero-order valence-electron chi connectivity index (χ0n) is 23.8. The van der Waals surface area contributed by atoms with E-state index in [1.165, 1.54) is 0 Å². The Kier molecular flexibility index (Phi) is 9.36. The van der Waals surface area contributed by atoms with Gasteiger partial charge in [0.25, 0.3) is 0 Å². The first-order valence-corrected chi connectivity index (χ1v) is 14.3. The summed E-state index contributed by atoms with van der Waals surface area (Å²) in [7, 11) is 0. The highest BCUT2D eigenvalue weighted by Crippen LogP contribution is 2.32. The molecule has 0 bridgehead atoms. The van der Waals surface area contributed by atoms with Crippen LogP contribution in [0, 0.1) is 0 Å². The van der Waals surface area contributed by atoms with Gasteiger partial charge >= 0.3 is 0 Å². The van der Waals surface area contributed by atoms with E-state index >= 15 is 0 Å². The lowest BCUT2D eigenvalue weighted by molar-refractivity contribution is 1.06. The minimum absolute atomic E-state index is 0.686. The molecule has 2 heterocycles. The molecular formula is C37H36N4. The van der Waals surface area contributed by atoms with E-state index in [4.69, 9.17) is 9.98 Å². The van der Waals surface area contributed by atoms with Gasteiger partial charge < -0.3 is 0 Å². The van der Waals surface area contributed by atoms with Crippen LogP contribution in [0.2, 0.25) is 0 Å². The summed E-state index contributed by atoms with van der Waals surface area (Å²) in [6, 6.07) is 31.2. The average molecular weight is 537 g/mol. The molecule has 0 atom stereocenters. The molecule has 0 N–H and O–H groups in total. The van der Waals surface area contributed by atoms with E-state index in [0.29, 0.717) is 6.42 Å². The zero-order chi connectivity index (χ0) is 28.3. The molecule has 3 aromatic carbocycles. The molecule has 0 unspecified atom stereocenters. The summed E-state index contributed by atoms with van der Waals surface area (Å²) in [5.74, 6) is 1.73. The fraction of sp³-hybridized carbons (Fsp3) is 0.135. The number of nitrogens with zero attached hydrogens (tertiary/aromatic N) is 4. The lowest BCUT2D eigenvalue weighted by Gasteiger charge is -2.27. The third-order valence-electron chi connectivity index (χ3n) is 6.76. The summed E-state index contributed by atoms with van der Waals surface area (Å²) < 4.78 is 0. The number of benzene rings is 3. The molecule has 2 aliphatic heterocycles. The number of hydrogen-bond acceptors (Lipinski definition) is 4. The smallest absolute Gasteiger partial charge is 0.137 e. The van der Waals surface area contributed by atoms with Crippen molar-refractivity contribution in [2.75, 3.05) is 9.80 Å². The third-order valence-corrected chi connectivity index (χ3v) is 6.76. The second kappa shape index (κ2) is 13.9. The van der Waals surface area contributed by atoms with Crippen LogP contribution in [-0.4, -0.2) is 11.4 Å². The molecule has 41 heavy (non-hydrogen) atoms. The Balaban J connectivity index is 1.58. The van der Waals surface area contributed by atoms with Gasteiger partial charge in [-0.25, -0.2) is 9.98 Å². The maximum absolute atomic E-state index is 5.27. The van der Waals surface area contributed by atoms with Gasteiger partial charge in [0.1, 0.15) is 11.6 Å². The van der Waals surface area contributed by atoms with Gasteiger partial charge in [-0.3, -0.25) is 9.80 Å². The van der Waals surface area contributed by atoms with Crippen molar-refractivity contribution in [3.63, 3.8) is 0 Å². The summed E-state index contributed by atoms with van der Waals surface area (Å²) in [5, 5.41) is 0. The molecule has 0 fully saturated rings. The van der Waals surface area contributed by atoms with Crippen LogP contribution in [0.15, 0.2) is 173 Å². The highest BCUT2D eigenvalue weighted by Gasteiger charge is 2.20. The second-order valence-corrected chi connectivity index (χ2v) is 9.61. The van der Waals surface area contributed by atoms with E-state index in [0.717, 1.165) is 58.7 Å². The highest BCUT2D eigenvalue weighted by atomic mass is 15.2. The van der Waals surface area contributed by atoms with Gasteiger partial charge in [0.15, 0.2) is 0 Å². The average Bonchev–Trinajstić information content (AvgIpc) is 3.42. The van der Waals surface area contributed by atoms with E-state index < -0.39 is 0 Å². The molecule has 0 saturated carbocycles. The summed E-state index contributed by atoms with van der Waals surface area (Å²) >= 11 is 0. The van der Waals surface area contributed by atoms with Crippen LogP contribution in [0.25, 0.3) is 0 Å². The predicted octanol–water partition coefficient (Wildman–Crippen LogP) is 9.69. The summed E-state index contributed by atoms with van der Waals surface area (Å²) in [6.45, 7) is 4.22. The molecule has 204 valence electrons. The topological polar surface area (TPSA) is 31.2 Å². The molecule has 0 aromatic heterocycles. The van der Waals surface area contributed by atoms with Gasteiger partial charge in [0.2, 0.25) is 0 Å². The van der Waals surface area contributed by atoms with E-state index in [9.17, 15) is 0 Å². The van der Waals surface area contributed by atoms with Crippen LogP contribution in [-0.2, 0) is 0 Å². The first kappa shape index (κ1) is 27.6. The number of allylic oxidation sites excluding steroid dienone is 9. The van der Waals surface area contributed by atoms with Gasteiger partial charge in [-0.1, -0.05) is 91.9 Å². The second-order valence-electron chi connectivity index (χ2n) is 9.61. The van der Waals surface area contributed by atoms with Crippen LogP contribution in [0.3, 0.4) is 0 Å². The van der Waals surface area contributed by atoms with E-state index in [1.807, 2.05) is 18.2 Å². The molecule has 0 saturated heterocycles. The number of rotatable bonds is 9. The molecule has 0 amide bonds.